The van der Waals surface area contributed by atoms with Crippen LogP contribution in [0, 0.1) is 11.2 Å². The Kier molecular flexibility index (Phi) is 2.87. The van der Waals surface area contributed by atoms with Gasteiger partial charge in [0.25, 0.3) is 0 Å². The lowest BCUT2D eigenvalue weighted by atomic mass is 9.77. The molecule has 1 N–H and O–H groups in total. The van der Waals surface area contributed by atoms with Gasteiger partial charge in [0.2, 0.25) is 5.43 Å². The molecule has 2 aliphatic heterocycles. The molecule has 1 aromatic heterocycles. The molecule has 7 heteroatoms. The molecular weight excluding hydrogens is 327 g/mol. The number of halogens is 1. The number of aromatic carboxylic acids is 1. The molecule has 3 fully saturated rings. The Morgan fingerprint density at radius 1 is 1.28 bits per heavy atom. The molecule has 3 aliphatic rings. The summed E-state index contributed by atoms with van der Waals surface area (Å²) in [6.45, 7) is 2.92. The van der Waals surface area contributed by atoms with E-state index in [1.807, 2.05) is 9.47 Å². The van der Waals surface area contributed by atoms with Crippen molar-refractivity contribution >= 4 is 22.6 Å². The van der Waals surface area contributed by atoms with E-state index in [0.717, 1.165) is 25.9 Å². The highest BCUT2D eigenvalue weighted by Crippen LogP contribution is 2.43. The highest BCUT2D eigenvalue weighted by Gasteiger charge is 2.49. The van der Waals surface area contributed by atoms with Crippen LogP contribution in [0.25, 0.3) is 10.9 Å². The van der Waals surface area contributed by atoms with Gasteiger partial charge in [0.05, 0.1) is 29.8 Å². The van der Waals surface area contributed by atoms with Crippen LogP contribution in [0.15, 0.2) is 23.1 Å². The minimum atomic E-state index is -1.28. The van der Waals surface area contributed by atoms with Crippen molar-refractivity contribution in [2.75, 3.05) is 31.2 Å². The van der Waals surface area contributed by atoms with E-state index in [0.29, 0.717) is 24.4 Å². The summed E-state index contributed by atoms with van der Waals surface area (Å²) < 4.78 is 21.7. The van der Waals surface area contributed by atoms with Crippen molar-refractivity contribution in [1.29, 1.82) is 0 Å². The zero-order valence-electron chi connectivity index (χ0n) is 13.5. The van der Waals surface area contributed by atoms with Crippen molar-refractivity contribution in [1.82, 2.24) is 4.57 Å². The summed E-state index contributed by atoms with van der Waals surface area (Å²) in [5.74, 6) is -1.76. The maximum Gasteiger partial charge on any atom is 0.341 e. The fourth-order valence-electron chi connectivity index (χ4n) is 3.92. The molecule has 130 valence electrons. The second-order valence-electron chi connectivity index (χ2n) is 7.49. The Balaban J connectivity index is 1.66. The van der Waals surface area contributed by atoms with Crippen molar-refractivity contribution in [3.63, 3.8) is 0 Å². The van der Waals surface area contributed by atoms with Crippen LogP contribution in [-0.4, -0.2) is 41.9 Å². The van der Waals surface area contributed by atoms with Crippen molar-refractivity contribution in [2.45, 2.75) is 18.9 Å². The Labute approximate surface area is 142 Å². The number of carbonyl (C=O) groups is 1. The number of carboxylic acids is 1. The average Bonchev–Trinajstić information content (AvgIpc) is 3.30. The molecule has 0 bridgehead atoms. The lowest BCUT2D eigenvalue weighted by molar-refractivity contribution is -0.127. The predicted octanol–water partition coefficient (Wildman–Crippen LogP) is 2.01. The fraction of sp³-hybridized carbons (Fsp3) is 0.444. The highest BCUT2D eigenvalue weighted by molar-refractivity contribution is 5.93. The van der Waals surface area contributed by atoms with Crippen molar-refractivity contribution < 1.29 is 19.0 Å². The van der Waals surface area contributed by atoms with E-state index in [2.05, 4.69) is 0 Å². The van der Waals surface area contributed by atoms with E-state index in [4.69, 9.17) is 4.74 Å². The third-order valence-electron chi connectivity index (χ3n) is 5.48. The third-order valence-corrected chi connectivity index (χ3v) is 5.48. The van der Waals surface area contributed by atoms with Gasteiger partial charge >= 0.3 is 5.97 Å². The number of fused-ring (bicyclic) bond motifs is 1. The molecule has 1 aromatic carbocycles. The van der Waals surface area contributed by atoms with E-state index in [1.54, 1.807) is 6.07 Å². The van der Waals surface area contributed by atoms with Crippen LogP contribution in [0.3, 0.4) is 0 Å². The summed E-state index contributed by atoms with van der Waals surface area (Å²) in [6.07, 6.45) is 3.28. The number of pyridine rings is 1. The molecular formula is C18H17FN2O4. The van der Waals surface area contributed by atoms with Gasteiger partial charge in [-0.1, -0.05) is 0 Å². The maximum absolute atomic E-state index is 14.7. The van der Waals surface area contributed by atoms with Gasteiger partial charge in [-0.2, -0.15) is 0 Å². The van der Waals surface area contributed by atoms with E-state index >= 15 is 0 Å². The summed E-state index contributed by atoms with van der Waals surface area (Å²) in [6, 6.07) is 3.07. The standard InChI is InChI=1S/C18H17FN2O4/c19-13-3-11-14(4-15(13)20-6-18(7-20)8-25-9-18)21(10-1-2-10)5-12(16(11)22)17(23)24/h3-5,10H,1-2,6-9H2,(H,23,24). The molecule has 1 spiro atoms. The minimum absolute atomic E-state index is 0.135. The third kappa shape index (κ3) is 2.12. The molecule has 3 heterocycles. The lowest BCUT2D eigenvalue weighted by Gasteiger charge is -2.56. The quantitative estimate of drug-likeness (QED) is 0.922. The maximum atomic E-state index is 14.7. The van der Waals surface area contributed by atoms with E-state index < -0.39 is 17.2 Å². The summed E-state index contributed by atoms with van der Waals surface area (Å²) >= 11 is 0. The highest BCUT2D eigenvalue weighted by atomic mass is 19.1. The summed E-state index contributed by atoms with van der Waals surface area (Å²) in [4.78, 5) is 25.8. The number of nitrogens with zero attached hydrogens (tertiary/aromatic N) is 2. The molecule has 0 radical (unpaired) electrons. The monoisotopic (exact) mass is 344 g/mol. The number of rotatable bonds is 3. The molecule has 1 saturated carbocycles. The van der Waals surface area contributed by atoms with Gasteiger partial charge in [-0.3, -0.25) is 4.79 Å². The molecule has 0 atom stereocenters. The van der Waals surface area contributed by atoms with Gasteiger partial charge in [-0.25, -0.2) is 9.18 Å². The smallest absolute Gasteiger partial charge is 0.341 e. The van der Waals surface area contributed by atoms with Crippen LogP contribution in [-0.2, 0) is 4.74 Å². The first-order valence-corrected chi connectivity index (χ1v) is 8.42. The number of benzene rings is 1. The molecule has 2 saturated heterocycles. The van der Waals surface area contributed by atoms with Crippen molar-refractivity contribution in [3.05, 3.63) is 39.9 Å². The number of carboxylic acid groups (broad SMARTS) is 1. The Morgan fingerprint density at radius 2 is 2.00 bits per heavy atom. The Bertz CT molecular complexity index is 967. The number of ether oxygens (including phenoxy) is 1. The summed E-state index contributed by atoms with van der Waals surface area (Å²) in [5.41, 5.74) is 0.310. The predicted molar refractivity (Wildman–Crippen MR) is 88.9 cm³/mol. The van der Waals surface area contributed by atoms with Crippen LogP contribution in [0.2, 0.25) is 0 Å². The second-order valence-corrected chi connectivity index (χ2v) is 7.49. The van der Waals surface area contributed by atoms with Gasteiger partial charge in [0.1, 0.15) is 11.4 Å². The SMILES string of the molecule is O=C(O)c1cn(C2CC2)c2cc(N3CC4(COC4)C3)c(F)cc2c1=O. The Morgan fingerprint density at radius 3 is 2.56 bits per heavy atom. The topological polar surface area (TPSA) is 71.8 Å². The second kappa shape index (κ2) is 4.82. The first kappa shape index (κ1) is 14.9. The normalized spacial score (nSPS) is 21.2. The molecule has 0 unspecified atom stereocenters. The van der Waals surface area contributed by atoms with E-state index in [9.17, 15) is 19.1 Å². The van der Waals surface area contributed by atoms with Gasteiger partial charge in [-0.15, -0.1) is 0 Å². The van der Waals surface area contributed by atoms with Gasteiger partial charge in [-0.05, 0) is 25.0 Å². The van der Waals surface area contributed by atoms with Crippen LogP contribution < -0.4 is 10.3 Å². The van der Waals surface area contributed by atoms with Crippen LogP contribution in [0.4, 0.5) is 10.1 Å². The minimum Gasteiger partial charge on any atom is -0.477 e. The molecule has 5 rings (SSSR count). The van der Waals surface area contributed by atoms with Crippen LogP contribution in [0.1, 0.15) is 29.2 Å². The van der Waals surface area contributed by atoms with E-state index in [1.165, 1.54) is 12.3 Å². The van der Waals surface area contributed by atoms with E-state index in [-0.39, 0.29) is 22.4 Å². The zero-order valence-corrected chi connectivity index (χ0v) is 13.5. The summed E-state index contributed by atoms with van der Waals surface area (Å²) in [7, 11) is 0. The average molecular weight is 344 g/mol. The fourth-order valence-corrected chi connectivity index (χ4v) is 3.92. The zero-order chi connectivity index (χ0) is 17.3. The molecule has 1 aliphatic carbocycles. The largest absolute Gasteiger partial charge is 0.477 e. The first-order chi connectivity index (χ1) is 12.0. The van der Waals surface area contributed by atoms with Crippen molar-refractivity contribution in [3.8, 4) is 0 Å². The molecule has 0 amide bonds. The first-order valence-electron chi connectivity index (χ1n) is 8.42. The van der Waals surface area contributed by atoms with Crippen LogP contribution >= 0.6 is 0 Å². The number of hydrogen-bond acceptors (Lipinski definition) is 4. The van der Waals surface area contributed by atoms with Crippen LogP contribution in [0.5, 0.6) is 0 Å². The molecule has 25 heavy (non-hydrogen) atoms. The molecule has 6 nitrogen and oxygen atoms in total. The van der Waals surface area contributed by atoms with Gasteiger partial charge in [0.15, 0.2) is 0 Å². The van der Waals surface area contributed by atoms with Gasteiger partial charge in [0, 0.05) is 30.7 Å². The molecule has 2 aromatic rings. The number of anilines is 1. The number of hydrogen-bond donors (Lipinski definition) is 1. The lowest BCUT2D eigenvalue weighted by Crippen LogP contribution is -2.66. The summed E-state index contributed by atoms with van der Waals surface area (Å²) in [5, 5.41) is 9.41. The van der Waals surface area contributed by atoms with Crippen molar-refractivity contribution in [2.24, 2.45) is 5.41 Å². The number of aromatic nitrogens is 1. The van der Waals surface area contributed by atoms with Gasteiger partial charge < -0.3 is 19.3 Å². The Hall–Kier alpha value is -2.41.